The third kappa shape index (κ3) is 4.13. The summed E-state index contributed by atoms with van der Waals surface area (Å²) in [6.45, 7) is 2.02. The molecule has 0 aromatic heterocycles. The standard InChI is InChI=1S/C15H18N2O3S/c16-11-13-1-3-15(4-2-13)21(19,20)10-9-17-7-5-14(12-18)6-8-17/h1-4,12,14H,5-10H2. The summed E-state index contributed by atoms with van der Waals surface area (Å²) in [6.07, 6.45) is 2.60. The molecule has 2 rings (SSSR count). The Morgan fingerprint density at radius 2 is 1.86 bits per heavy atom. The van der Waals surface area contributed by atoms with Gasteiger partial charge in [-0.2, -0.15) is 5.26 Å². The van der Waals surface area contributed by atoms with Crippen LogP contribution in [0.15, 0.2) is 29.2 Å². The van der Waals surface area contributed by atoms with Gasteiger partial charge >= 0.3 is 0 Å². The number of nitrogens with zero attached hydrogens (tertiary/aromatic N) is 2. The largest absolute Gasteiger partial charge is 0.303 e. The first-order valence-corrected chi connectivity index (χ1v) is 8.61. The summed E-state index contributed by atoms with van der Waals surface area (Å²) in [6, 6.07) is 7.96. The van der Waals surface area contributed by atoms with Crippen molar-refractivity contribution >= 4 is 16.1 Å². The molecule has 1 fully saturated rings. The zero-order valence-electron chi connectivity index (χ0n) is 11.7. The van der Waals surface area contributed by atoms with Gasteiger partial charge in [-0.15, -0.1) is 0 Å². The number of sulfone groups is 1. The first-order chi connectivity index (χ1) is 10.0. The van der Waals surface area contributed by atoms with Crippen LogP contribution in [0, 0.1) is 17.2 Å². The number of hydrogen-bond donors (Lipinski definition) is 0. The lowest BCUT2D eigenvalue weighted by atomic mass is 9.99. The van der Waals surface area contributed by atoms with Crippen molar-refractivity contribution in [3.05, 3.63) is 29.8 Å². The second-order valence-electron chi connectivity index (χ2n) is 5.27. The molecule has 0 bridgehead atoms. The summed E-state index contributed by atoms with van der Waals surface area (Å²) in [4.78, 5) is 13.0. The molecule has 1 aliphatic rings. The third-order valence-corrected chi connectivity index (χ3v) is 5.55. The van der Waals surface area contributed by atoms with E-state index in [-0.39, 0.29) is 16.6 Å². The first kappa shape index (κ1) is 15.7. The highest BCUT2D eigenvalue weighted by Gasteiger charge is 2.21. The van der Waals surface area contributed by atoms with Crippen molar-refractivity contribution in [2.75, 3.05) is 25.4 Å². The SMILES string of the molecule is N#Cc1ccc(S(=O)(=O)CCN2CCC(C=O)CC2)cc1. The highest BCUT2D eigenvalue weighted by molar-refractivity contribution is 7.91. The van der Waals surface area contributed by atoms with E-state index in [2.05, 4.69) is 4.90 Å². The molecule has 6 heteroatoms. The Morgan fingerprint density at radius 1 is 1.24 bits per heavy atom. The Bertz CT molecular complexity index is 624. The molecule has 1 aliphatic heterocycles. The molecule has 1 aromatic carbocycles. The van der Waals surface area contributed by atoms with Gasteiger partial charge in [-0.3, -0.25) is 0 Å². The van der Waals surface area contributed by atoms with E-state index in [1.807, 2.05) is 6.07 Å². The summed E-state index contributed by atoms with van der Waals surface area (Å²) < 4.78 is 24.5. The molecule has 1 aromatic rings. The van der Waals surface area contributed by atoms with Crippen molar-refractivity contribution in [1.29, 1.82) is 5.26 Å². The van der Waals surface area contributed by atoms with Gasteiger partial charge in [0.15, 0.2) is 9.84 Å². The van der Waals surface area contributed by atoms with Crippen LogP contribution in [-0.4, -0.2) is 45.0 Å². The van der Waals surface area contributed by atoms with E-state index >= 15 is 0 Å². The molecular weight excluding hydrogens is 288 g/mol. The van der Waals surface area contributed by atoms with Gasteiger partial charge in [-0.05, 0) is 50.2 Å². The fraction of sp³-hybridized carbons (Fsp3) is 0.467. The van der Waals surface area contributed by atoms with Gasteiger partial charge < -0.3 is 9.69 Å². The molecule has 0 aliphatic carbocycles. The number of carbonyl (C=O) groups is 1. The number of benzene rings is 1. The predicted molar refractivity (Wildman–Crippen MR) is 78.4 cm³/mol. The predicted octanol–water partition coefficient (Wildman–Crippen LogP) is 1.24. The highest BCUT2D eigenvalue weighted by atomic mass is 32.2. The van der Waals surface area contributed by atoms with E-state index in [9.17, 15) is 13.2 Å². The molecule has 0 unspecified atom stereocenters. The van der Waals surface area contributed by atoms with Gasteiger partial charge in [0, 0.05) is 12.5 Å². The molecule has 112 valence electrons. The Kier molecular flexibility index (Phi) is 5.10. The van der Waals surface area contributed by atoms with Crippen LogP contribution in [0.1, 0.15) is 18.4 Å². The van der Waals surface area contributed by atoms with E-state index in [0.29, 0.717) is 12.1 Å². The van der Waals surface area contributed by atoms with E-state index in [0.717, 1.165) is 32.2 Å². The van der Waals surface area contributed by atoms with Crippen molar-refractivity contribution in [3.8, 4) is 6.07 Å². The maximum absolute atomic E-state index is 12.2. The molecule has 0 N–H and O–H groups in total. The van der Waals surface area contributed by atoms with Gasteiger partial charge in [-0.1, -0.05) is 0 Å². The van der Waals surface area contributed by atoms with Crippen molar-refractivity contribution in [3.63, 3.8) is 0 Å². The van der Waals surface area contributed by atoms with Crippen molar-refractivity contribution in [1.82, 2.24) is 4.90 Å². The normalized spacial score (nSPS) is 17.3. The van der Waals surface area contributed by atoms with E-state index < -0.39 is 9.84 Å². The summed E-state index contributed by atoms with van der Waals surface area (Å²) in [5.74, 6) is 0.182. The smallest absolute Gasteiger partial charge is 0.179 e. The fourth-order valence-corrected chi connectivity index (χ4v) is 3.70. The Morgan fingerprint density at radius 3 is 2.38 bits per heavy atom. The molecule has 1 heterocycles. The van der Waals surface area contributed by atoms with Gasteiger partial charge in [-0.25, -0.2) is 8.42 Å². The van der Waals surface area contributed by atoms with E-state index in [1.165, 1.54) is 24.3 Å². The van der Waals surface area contributed by atoms with Crippen LogP contribution in [0.25, 0.3) is 0 Å². The lowest BCUT2D eigenvalue weighted by molar-refractivity contribution is -0.112. The Balaban J connectivity index is 1.92. The molecule has 0 saturated carbocycles. The maximum atomic E-state index is 12.2. The monoisotopic (exact) mass is 306 g/mol. The minimum Gasteiger partial charge on any atom is -0.303 e. The second-order valence-corrected chi connectivity index (χ2v) is 7.38. The summed E-state index contributed by atoms with van der Waals surface area (Å²) in [5.41, 5.74) is 0.449. The van der Waals surface area contributed by atoms with Gasteiger partial charge in [0.2, 0.25) is 0 Å². The molecule has 0 spiro atoms. The lowest BCUT2D eigenvalue weighted by Crippen LogP contribution is -2.37. The molecule has 0 radical (unpaired) electrons. The van der Waals surface area contributed by atoms with Crippen LogP contribution < -0.4 is 0 Å². The molecule has 5 nitrogen and oxygen atoms in total. The number of nitriles is 1. The summed E-state index contributed by atoms with van der Waals surface area (Å²) >= 11 is 0. The minimum absolute atomic E-state index is 0.0602. The van der Waals surface area contributed by atoms with E-state index in [1.54, 1.807) is 0 Å². The van der Waals surface area contributed by atoms with Crippen molar-refractivity contribution < 1.29 is 13.2 Å². The molecule has 0 atom stereocenters. The highest BCUT2D eigenvalue weighted by Crippen LogP contribution is 2.16. The van der Waals surface area contributed by atoms with Crippen LogP contribution in [-0.2, 0) is 14.6 Å². The Labute approximate surface area is 125 Å². The van der Waals surface area contributed by atoms with Crippen LogP contribution in [0.3, 0.4) is 0 Å². The van der Waals surface area contributed by atoms with Crippen LogP contribution in [0.2, 0.25) is 0 Å². The van der Waals surface area contributed by atoms with Gasteiger partial charge in [0.25, 0.3) is 0 Å². The van der Waals surface area contributed by atoms with Gasteiger partial charge in [0.1, 0.15) is 6.29 Å². The number of hydrogen-bond acceptors (Lipinski definition) is 5. The molecule has 0 amide bonds. The zero-order chi connectivity index (χ0) is 15.3. The summed E-state index contributed by atoms with van der Waals surface area (Å²) in [7, 11) is -3.32. The second kappa shape index (κ2) is 6.83. The van der Waals surface area contributed by atoms with Crippen LogP contribution in [0.4, 0.5) is 0 Å². The van der Waals surface area contributed by atoms with E-state index in [4.69, 9.17) is 5.26 Å². The molecule has 21 heavy (non-hydrogen) atoms. The zero-order valence-corrected chi connectivity index (χ0v) is 12.6. The molecular formula is C15H18N2O3S. The van der Waals surface area contributed by atoms with Gasteiger partial charge in [0.05, 0.1) is 22.3 Å². The number of aldehydes is 1. The Hall–Kier alpha value is -1.71. The third-order valence-electron chi connectivity index (χ3n) is 3.84. The van der Waals surface area contributed by atoms with Crippen molar-refractivity contribution in [2.45, 2.75) is 17.7 Å². The number of carbonyl (C=O) groups excluding carboxylic acids is 1. The topological polar surface area (TPSA) is 78.2 Å². The van der Waals surface area contributed by atoms with Crippen LogP contribution >= 0.6 is 0 Å². The van der Waals surface area contributed by atoms with Crippen molar-refractivity contribution in [2.24, 2.45) is 5.92 Å². The molecule has 1 saturated heterocycles. The minimum atomic E-state index is -3.32. The number of rotatable bonds is 5. The summed E-state index contributed by atoms with van der Waals surface area (Å²) in [5, 5.41) is 8.72. The lowest BCUT2D eigenvalue weighted by Gasteiger charge is -2.29. The number of piperidine rings is 1. The number of likely N-dealkylation sites (tertiary alicyclic amines) is 1. The first-order valence-electron chi connectivity index (χ1n) is 6.96. The average Bonchev–Trinajstić information content (AvgIpc) is 2.53. The quantitative estimate of drug-likeness (QED) is 0.765. The van der Waals surface area contributed by atoms with Crippen LogP contribution in [0.5, 0.6) is 0 Å². The maximum Gasteiger partial charge on any atom is 0.179 e. The fourth-order valence-electron chi connectivity index (χ4n) is 2.42. The average molecular weight is 306 g/mol.